The first-order valence-corrected chi connectivity index (χ1v) is 11.1. The van der Waals surface area contributed by atoms with Gasteiger partial charge in [-0.2, -0.15) is 0 Å². The van der Waals surface area contributed by atoms with E-state index in [1.165, 1.54) is 6.92 Å². The molecule has 1 heterocycles. The minimum atomic E-state index is -0.735. The van der Waals surface area contributed by atoms with Gasteiger partial charge in [-0.05, 0) is 36.1 Å². The predicted octanol–water partition coefficient (Wildman–Crippen LogP) is 4.22. The molecule has 0 fully saturated rings. The van der Waals surface area contributed by atoms with Crippen molar-refractivity contribution in [1.29, 1.82) is 0 Å². The number of ketones is 1. The number of carbonyl (C=O) groups is 3. The van der Waals surface area contributed by atoms with E-state index < -0.39 is 23.8 Å². The summed E-state index contributed by atoms with van der Waals surface area (Å²) in [6, 6.07) is 16.7. The van der Waals surface area contributed by atoms with E-state index in [-0.39, 0.29) is 12.4 Å². The molecule has 1 N–H and O–H groups in total. The van der Waals surface area contributed by atoms with Crippen molar-refractivity contribution in [2.24, 2.45) is 5.92 Å². The normalized spacial score (nSPS) is 20.0. The van der Waals surface area contributed by atoms with Crippen LogP contribution in [0.2, 0.25) is 0 Å². The highest BCUT2D eigenvalue weighted by Crippen LogP contribution is 2.44. The molecule has 6 nitrogen and oxygen atoms in total. The molecule has 0 saturated heterocycles. The molecule has 4 rings (SSSR count). The second-order valence-electron chi connectivity index (χ2n) is 8.34. The lowest BCUT2D eigenvalue weighted by Gasteiger charge is -2.38. The van der Waals surface area contributed by atoms with Gasteiger partial charge in [-0.15, -0.1) is 0 Å². The average molecular weight is 446 g/mol. The molecular formula is C27H27NO5. The van der Waals surface area contributed by atoms with Crippen LogP contribution in [0.15, 0.2) is 78.1 Å². The molecule has 2 aromatic carbocycles. The number of nitrogens with one attached hydrogen (secondary N) is 1. The van der Waals surface area contributed by atoms with Gasteiger partial charge in [0.05, 0.1) is 6.61 Å². The third-order valence-electron chi connectivity index (χ3n) is 6.02. The molecule has 2 aromatic rings. The van der Waals surface area contributed by atoms with Gasteiger partial charge in [-0.1, -0.05) is 49.0 Å². The summed E-state index contributed by atoms with van der Waals surface area (Å²) in [5, 5.41) is 3.22. The molecule has 0 aromatic heterocycles. The summed E-state index contributed by atoms with van der Waals surface area (Å²) in [5.74, 6) is -1.62. The van der Waals surface area contributed by atoms with Crippen molar-refractivity contribution in [3.8, 4) is 5.75 Å². The van der Waals surface area contributed by atoms with E-state index in [4.69, 9.17) is 9.47 Å². The van der Waals surface area contributed by atoms with Crippen LogP contribution in [0.4, 0.5) is 0 Å². The molecule has 1 aliphatic carbocycles. The van der Waals surface area contributed by atoms with E-state index in [0.717, 1.165) is 29.7 Å². The highest BCUT2D eigenvalue weighted by Gasteiger charge is 2.43. The van der Waals surface area contributed by atoms with Gasteiger partial charge in [0.25, 0.3) is 0 Å². The first-order valence-electron chi connectivity index (χ1n) is 11.1. The van der Waals surface area contributed by atoms with E-state index in [0.29, 0.717) is 29.9 Å². The number of rotatable bonds is 6. The number of hydrogen-bond acceptors (Lipinski definition) is 6. The van der Waals surface area contributed by atoms with Crippen molar-refractivity contribution in [1.82, 2.24) is 5.32 Å². The van der Waals surface area contributed by atoms with Crippen LogP contribution in [-0.4, -0.2) is 24.3 Å². The molecule has 33 heavy (non-hydrogen) atoms. The van der Waals surface area contributed by atoms with Gasteiger partial charge in [0.2, 0.25) is 0 Å². The summed E-state index contributed by atoms with van der Waals surface area (Å²) >= 11 is 0. The van der Waals surface area contributed by atoms with Crippen LogP contribution in [0.25, 0.3) is 0 Å². The monoisotopic (exact) mass is 445 g/mol. The van der Waals surface area contributed by atoms with Crippen LogP contribution < -0.4 is 10.1 Å². The number of benzene rings is 2. The van der Waals surface area contributed by atoms with Gasteiger partial charge in [0.15, 0.2) is 5.78 Å². The Kier molecular flexibility index (Phi) is 6.73. The molecule has 0 bridgehead atoms. The zero-order valence-corrected chi connectivity index (χ0v) is 18.6. The Labute approximate surface area is 193 Å². The first kappa shape index (κ1) is 22.5. The van der Waals surface area contributed by atoms with Gasteiger partial charge in [0, 0.05) is 42.7 Å². The molecular weight excluding hydrogens is 418 g/mol. The van der Waals surface area contributed by atoms with Gasteiger partial charge in [0.1, 0.15) is 11.7 Å². The molecule has 170 valence electrons. The standard InChI is InChI=1S/C27H27NO5/c1-17-24(27(31)32-16-15-19-7-4-3-5-8-19)25(26-22(28-17)9-6-10-23(26)30)20-11-13-21(14-12-20)33-18(2)29/h3-5,7-8,11-14,24-25,28H,1,6,9-10,15-16H2,2H3. The summed E-state index contributed by atoms with van der Waals surface area (Å²) < 4.78 is 10.8. The molecule has 2 unspecified atom stereocenters. The maximum atomic E-state index is 13.2. The minimum absolute atomic E-state index is 0.0346. The van der Waals surface area contributed by atoms with Gasteiger partial charge < -0.3 is 14.8 Å². The number of carbonyl (C=O) groups excluding carboxylic acids is 3. The Morgan fingerprint density at radius 2 is 1.79 bits per heavy atom. The quantitative estimate of drug-likeness (QED) is 0.530. The van der Waals surface area contributed by atoms with Crippen LogP contribution in [0.1, 0.15) is 43.2 Å². The maximum absolute atomic E-state index is 13.2. The topological polar surface area (TPSA) is 81.7 Å². The van der Waals surface area contributed by atoms with Crippen molar-refractivity contribution in [3.63, 3.8) is 0 Å². The van der Waals surface area contributed by atoms with Crippen LogP contribution in [0.5, 0.6) is 5.75 Å². The summed E-state index contributed by atoms with van der Waals surface area (Å²) in [4.78, 5) is 37.5. The second-order valence-corrected chi connectivity index (χ2v) is 8.34. The Bertz CT molecular complexity index is 1100. The van der Waals surface area contributed by atoms with Gasteiger partial charge in [-0.3, -0.25) is 14.4 Å². The summed E-state index contributed by atoms with van der Waals surface area (Å²) in [7, 11) is 0. The predicted molar refractivity (Wildman–Crippen MR) is 123 cm³/mol. The molecule has 1 aliphatic heterocycles. The third kappa shape index (κ3) is 5.06. The van der Waals surface area contributed by atoms with Gasteiger partial charge >= 0.3 is 11.9 Å². The Balaban J connectivity index is 1.61. The molecule has 2 aliphatic rings. The van der Waals surface area contributed by atoms with Crippen LogP contribution in [0, 0.1) is 5.92 Å². The zero-order chi connectivity index (χ0) is 23.4. The highest BCUT2D eigenvalue weighted by atomic mass is 16.5. The smallest absolute Gasteiger partial charge is 0.315 e. The summed E-state index contributed by atoms with van der Waals surface area (Å²) in [5.41, 5.74) is 3.84. The Morgan fingerprint density at radius 3 is 2.48 bits per heavy atom. The van der Waals surface area contributed by atoms with Crippen molar-refractivity contribution >= 4 is 17.7 Å². The minimum Gasteiger partial charge on any atom is -0.465 e. The lowest BCUT2D eigenvalue weighted by molar-refractivity contribution is -0.147. The Morgan fingerprint density at radius 1 is 1.06 bits per heavy atom. The van der Waals surface area contributed by atoms with E-state index in [9.17, 15) is 14.4 Å². The fraction of sp³-hybridized carbons (Fsp3) is 0.296. The molecule has 2 atom stereocenters. The first-order chi connectivity index (χ1) is 15.9. The number of esters is 2. The van der Waals surface area contributed by atoms with Crippen molar-refractivity contribution in [2.45, 2.75) is 38.5 Å². The number of Topliss-reactive ketones (excluding diaryl/α,β-unsaturated/α-hetero) is 1. The molecule has 0 saturated carbocycles. The molecule has 6 heteroatoms. The number of allylic oxidation sites excluding steroid dienone is 2. The van der Waals surface area contributed by atoms with Crippen molar-refractivity contribution in [2.75, 3.05) is 6.61 Å². The fourth-order valence-corrected chi connectivity index (χ4v) is 4.54. The average Bonchev–Trinajstić information content (AvgIpc) is 2.79. The van der Waals surface area contributed by atoms with E-state index in [1.54, 1.807) is 24.3 Å². The van der Waals surface area contributed by atoms with Crippen LogP contribution in [-0.2, 0) is 25.5 Å². The number of ether oxygens (including phenoxy) is 2. The molecule has 0 radical (unpaired) electrons. The van der Waals surface area contributed by atoms with E-state index in [1.807, 2.05) is 30.3 Å². The van der Waals surface area contributed by atoms with Crippen molar-refractivity contribution < 1.29 is 23.9 Å². The second kappa shape index (κ2) is 9.86. The SMILES string of the molecule is C=C1NC2=C(C(=O)CCC2)C(c2ccc(OC(C)=O)cc2)C1C(=O)OCCc1ccccc1. The lowest BCUT2D eigenvalue weighted by atomic mass is 9.71. The highest BCUT2D eigenvalue weighted by molar-refractivity contribution is 6.00. The lowest BCUT2D eigenvalue weighted by Crippen LogP contribution is -2.41. The van der Waals surface area contributed by atoms with Crippen LogP contribution in [0.3, 0.4) is 0 Å². The van der Waals surface area contributed by atoms with E-state index in [2.05, 4.69) is 11.9 Å². The maximum Gasteiger partial charge on any atom is 0.315 e. The van der Waals surface area contributed by atoms with Gasteiger partial charge in [-0.25, -0.2) is 0 Å². The largest absolute Gasteiger partial charge is 0.465 e. The number of hydrogen-bond donors (Lipinski definition) is 1. The summed E-state index contributed by atoms with van der Waals surface area (Å²) in [6.45, 7) is 5.68. The molecule has 0 amide bonds. The molecule has 0 spiro atoms. The summed E-state index contributed by atoms with van der Waals surface area (Å²) in [6.07, 6.45) is 2.55. The van der Waals surface area contributed by atoms with Crippen LogP contribution >= 0.6 is 0 Å². The Hall–Kier alpha value is -3.67. The van der Waals surface area contributed by atoms with E-state index >= 15 is 0 Å². The third-order valence-corrected chi connectivity index (χ3v) is 6.02. The zero-order valence-electron chi connectivity index (χ0n) is 18.6. The fourth-order valence-electron chi connectivity index (χ4n) is 4.54. The van der Waals surface area contributed by atoms with Crippen molar-refractivity contribution in [3.05, 3.63) is 89.3 Å².